The van der Waals surface area contributed by atoms with E-state index in [0.717, 1.165) is 6.54 Å². The lowest BCUT2D eigenvalue weighted by Gasteiger charge is -2.17. The van der Waals surface area contributed by atoms with Crippen molar-refractivity contribution in [2.24, 2.45) is 5.73 Å². The second-order valence-electron chi connectivity index (χ2n) is 3.10. The van der Waals surface area contributed by atoms with Crippen LogP contribution < -0.4 is 5.73 Å². The number of nitrogens with zero attached hydrogens (tertiary/aromatic N) is 1. The molecule has 74 valence electrons. The number of hydrogen-bond acceptors (Lipinski definition) is 3. The molecule has 1 rings (SSSR count). The van der Waals surface area contributed by atoms with Crippen LogP contribution in [-0.2, 0) is 4.79 Å². The summed E-state index contributed by atoms with van der Waals surface area (Å²) in [5.74, 6) is 0.175. The highest BCUT2D eigenvalue weighted by Gasteiger charge is 2.28. The van der Waals surface area contributed by atoms with Crippen molar-refractivity contribution in [2.45, 2.75) is 39.8 Å². The lowest BCUT2D eigenvalue weighted by Crippen LogP contribution is -2.32. The molecule has 0 amide bonds. The first-order valence-corrected chi connectivity index (χ1v) is 4.63. The quantitative estimate of drug-likeness (QED) is 0.642. The number of rotatable bonds is 1. The Morgan fingerprint density at radius 1 is 1.58 bits per heavy atom. The zero-order valence-electron chi connectivity index (χ0n) is 8.50. The van der Waals surface area contributed by atoms with Crippen LogP contribution in [0.2, 0.25) is 0 Å². The van der Waals surface area contributed by atoms with Crippen molar-refractivity contribution >= 4 is 5.78 Å². The van der Waals surface area contributed by atoms with Crippen LogP contribution in [0.25, 0.3) is 0 Å². The number of Topliss-reactive ketones (excluding diaryl/α,β-unsaturated/α-hetero) is 1. The number of carbonyl (C=O) groups excluding carboxylic acids is 1. The average molecular weight is 174 g/mol. The third kappa shape index (κ3) is 2.91. The van der Waals surface area contributed by atoms with E-state index in [4.69, 9.17) is 5.73 Å². The van der Waals surface area contributed by atoms with Gasteiger partial charge in [0.25, 0.3) is 0 Å². The van der Waals surface area contributed by atoms with Crippen LogP contribution in [0.3, 0.4) is 0 Å². The summed E-state index contributed by atoms with van der Waals surface area (Å²) in [6.07, 6.45) is 0. The van der Waals surface area contributed by atoms with E-state index in [1.54, 1.807) is 0 Å². The summed E-state index contributed by atoms with van der Waals surface area (Å²) in [6.45, 7) is 9.42. The second kappa shape index (κ2) is 5.27. The second-order valence-corrected chi connectivity index (χ2v) is 3.10. The Kier molecular flexibility index (Phi) is 5.09. The van der Waals surface area contributed by atoms with E-state index in [9.17, 15) is 4.79 Å². The molecule has 0 aromatic rings. The fourth-order valence-electron chi connectivity index (χ4n) is 1.13. The van der Waals surface area contributed by atoms with Gasteiger partial charge in [0.1, 0.15) is 0 Å². The number of hydrogen-bond donors (Lipinski definition) is 1. The highest BCUT2D eigenvalue weighted by molar-refractivity contribution is 5.87. The van der Waals surface area contributed by atoms with Gasteiger partial charge in [-0.05, 0) is 13.8 Å². The highest BCUT2D eigenvalue weighted by Crippen LogP contribution is 2.06. The van der Waals surface area contributed by atoms with Crippen molar-refractivity contribution in [3.63, 3.8) is 0 Å². The predicted octanol–water partition coefficient (Wildman–Crippen LogP) is 0.879. The van der Waals surface area contributed by atoms with Crippen LogP contribution in [0.1, 0.15) is 29.1 Å². The topological polar surface area (TPSA) is 46.3 Å². The Morgan fingerprint density at radius 2 is 2.08 bits per heavy atom. The number of likely N-dealkylation sites (tertiary alicyclic amines) is 1. The fraction of sp³-hybridized carbons (Fsp3) is 0.889. The number of carbonyl (C=O) groups is 1. The molecule has 0 aromatic carbocycles. The van der Waals surface area contributed by atoms with Gasteiger partial charge < -0.3 is 5.73 Å². The van der Waals surface area contributed by atoms with Gasteiger partial charge in [-0.2, -0.15) is 0 Å². The molecule has 0 bridgehead atoms. The minimum atomic E-state index is -0.234. The third-order valence-corrected chi connectivity index (χ3v) is 1.93. The molecule has 0 spiro atoms. The zero-order chi connectivity index (χ0) is 9.72. The van der Waals surface area contributed by atoms with Crippen LogP contribution in [0.15, 0.2) is 0 Å². The normalized spacial score (nSPS) is 24.2. The summed E-state index contributed by atoms with van der Waals surface area (Å²) in [7, 11) is 0. The molecule has 1 atom stereocenters. The lowest BCUT2D eigenvalue weighted by atomic mass is 10.3. The SMILES string of the molecule is CC.CC(C)N1CC(=O)C(N)C1.[HH]. The maximum atomic E-state index is 10.9. The first-order chi connectivity index (χ1) is 5.61. The first-order valence-electron chi connectivity index (χ1n) is 4.63. The molecule has 1 aliphatic heterocycles. The van der Waals surface area contributed by atoms with Gasteiger partial charge in [-0.3, -0.25) is 9.69 Å². The molecule has 0 radical (unpaired) electrons. The molecule has 1 aliphatic rings. The molecule has 12 heavy (non-hydrogen) atoms. The smallest absolute Gasteiger partial charge is 0.164 e. The van der Waals surface area contributed by atoms with Gasteiger partial charge in [0.2, 0.25) is 0 Å². The van der Waals surface area contributed by atoms with E-state index in [0.29, 0.717) is 12.6 Å². The Balaban J connectivity index is 0. The first kappa shape index (κ1) is 11.6. The van der Waals surface area contributed by atoms with E-state index >= 15 is 0 Å². The Labute approximate surface area is 76.4 Å². The van der Waals surface area contributed by atoms with Gasteiger partial charge in [0.15, 0.2) is 5.78 Å². The molecule has 2 N–H and O–H groups in total. The van der Waals surface area contributed by atoms with E-state index in [1.165, 1.54) is 0 Å². The summed E-state index contributed by atoms with van der Waals surface area (Å²) in [4.78, 5) is 13.0. The summed E-state index contributed by atoms with van der Waals surface area (Å²) in [5, 5.41) is 0. The van der Waals surface area contributed by atoms with Gasteiger partial charge in [0, 0.05) is 14.0 Å². The molecule has 0 saturated carbocycles. The molecular weight excluding hydrogens is 152 g/mol. The van der Waals surface area contributed by atoms with Crippen molar-refractivity contribution in [3.05, 3.63) is 0 Å². The Bertz CT molecular complexity index is 151. The lowest BCUT2D eigenvalue weighted by molar-refractivity contribution is -0.117. The van der Waals surface area contributed by atoms with Crippen molar-refractivity contribution in [2.75, 3.05) is 13.1 Å². The molecule has 1 saturated heterocycles. The van der Waals surface area contributed by atoms with Crippen molar-refractivity contribution < 1.29 is 6.22 Å². The summed E-state index contributed by atoms with van der Waals surface area (Å²) < 4.78 is 0. The highest BCUT2D eigenvalue weighted by atomic mass is 16.1. The molecule has 1 fully saturated rings. The summed E-state index contributed by atoms with van der Waals surface area (Å²) in [6, 6.07) is 0.208. The predicted molar refractivity (Wildman–Crippen MR) is 53.2 cm³/mol. The van der Waals surface area contributed by atoms with Crippen LogP contribution in [0.4, 0.5) is 0 Å². The maximum Gasteiger partial charge on any atom is 0.164 e. The summed E-state index contributed by atoms with van der Waals surface area (Å²) >= 11 is 0. The Morgan fingerprint density at radius 3 is 2.25 bits per heavy atom. The molecule has 1 heterocycles. The zero-order valence-corrected chi connectivity index (χ0v) is 8.50. The van der Waals surface area contributed by atoms with Gasteiger partial charge in [0.05, 0.1) is 12.6 Å². The van der Waals surface area contributed by atoms with Gasteiger partial charge in [-0.25, -0.2) is 0 Å². The monoisotopic (exact) mass is 174 g/mol. The van der Waals surface area contributed by atoms with E-state index in [1.807, 2.05) is 13.8 Å². The third-order valence-electron chi connectivity index (χ3n) is 1.93. The molecule has 0 aromatic heterocycles. The largest absolute Gasteiger partial charge is 0.320 e. The fourth-order valence-corrected chi connectivity index (χ4v) is 1.13. The molecular formula is C9H22N2O. The molecule has 3 nitrogen and oxygen atoms in total. The molecule has 3 heteroatoms. The van der Waals surface area contributed by atoms with Gasteiger partial charge in [-0.15, -0.1) is 0 Å². The van der Waals surface area contributed by atoms with Crippen molar-refractivity contribution in [1.29, 1.82) is 0 Å². The van der Waals surface area contributed by atoms with Crippen molar-refractivity contribution in [3.8, 4) is 0 Å². The minimum absolute atomic E-state index is 0. The standard InChI is InChI=1S/C7H14N2O.C2H6.H2/c1-5(2)9-3-6(8)7(10)4-9;1-2;/h5-6H,3-4,8H2,1-2H3;1-2H3;1H. The van der Waals surface area contributed by atoms with E-state index < -0.39 is 0 Å². The minimum Gasteiger partial charge on any atom is -0.320 e. The van der Waals surface area contributed by atoms with Gasteiger partial charge >= 0.3 is 0 Å². The number of nitrogens with two attached hydrogens (primary N) is 1. The molecule has 0 aliphatic carbocycles. The average Bonchev–Trinajstić information content (AvgIpc) is 2.36. The van der Waals surface area contributed by atoms with Crippen LogP contribution in [-0.4, -0.2) is 35.9 Å². The maximum absolute atomic E-state index is 10.9. The Hall–Kier alpha value is -0.410. The van der Waals surface area contributed by atoms with Crippen molar-refractivity contribution in [1.82, 2.24) is 4.90 Å². The van der Waals surface area contributed by atoms with Crippen LogP contribution in [0.5, 0.6) is 0 Å². The molecule has 1 unspecified atom stereocenters. The summed E-state index contributed by atoms with van der Waals surface area (Å²) in [5.41, 5.74) is 5.52. The van der Waals surface area contributed by atoms with E-state index in [2.05, 4.69) is 18.7 Å². The number of ketones is 1. The van der Waals surface area contributed by atoms with Crippen LogP contribution in [0, 0.1) is 0 Å². The van der Waals surface area contributed by atoms with Gasteiger partial charge in [-0.1, -0.05) is 13.8 Å². The van der Waals surface area contributed by atoms with E-state index in [-0.39, 0.29) is 13.3 Å². The van der Waals surface area contributed by atoms with Crippen LogP contribution >= 0.6 is 0 Å².